The van der Waals surface area contributed by atoms with E-state index in [1.54, 1.807) is 0 Å². The average molecular weight is 470 g/mol. The molecule has 0 bridgehead atoms. The van der Waals surface area contributed by atoms with E-state index in [0.29, 0.717) is 26.0 Å². The number of ether oxygens (including phenoxy) is 1. The Kier molecular flexibility index (Phi) is 7.86. The third kappa shape index (κ3) is 6.72. The van der Waals surface area contributed by atoms with Crippen molar-refractivity contribution in [3.05, 3.63) is 95.8 Å². The van der Waals surface area contributed by atoms with Gasteiger partial charge in [-0.15, -0.1) is 0 Å². The predicted molar refractivity (Wildman–Crippen MR) is 142 cm³/mol. The van der Waals surface area contributed by atoms with Crippen molar-refractivity contribution in [2.24, 2.45) is 0 Å². The molecule has 0 aliphatic heterocycles. The lowest BCUT2D eigenvalue weighted by Gasteiger charge is -2.19. The molecule has 0 atom stereocenters. The van der Waals surface area contributed by atoms with E-state index in [1.807, 2.05) is 48.5 Å². The highest BCUT2D eigenvalue weighted by Gasteiger charge is 2.13. The Bertz CT molecular complexity index is 1240. The topological polar surface area (TPSA) is 56.1 Å². The molecule has 0 saturated heterocycles. The molecule has 1 N–H and O–H groups in total. The van der Waals surface area contributed by atoms with Gasteiger partial charge >= 0.3 is 0 Å². The molecule has 1 aromatic heterocycles. The molecular formula is C30H35N3O2. The van der Waals surface area contributed by atoms with Crippen LogP contribution < -0.4 is 10.1 Å². The van der Waals surface area contributed by atoms with Crippen molar-refractivity contribution in [2.45, 2.75) is 52.0 Å². The molecule has 0 fully saturated rings. The number of nitrogens with zero attached hydrogens (tertiary/aromatic N) is 2. The first kappa shape index (κ1) is 24.5. The van der Waals surface area contributed by atoms with E-state index in [0.717, 1.165) is 41.1 Å². The van der Waals surface area contributed by atoms with Gasteiger partial charge in [0.05, 0.1) is 24.1 Å². The number of nitrogens with one attached hydrogen (secondary N) is 1. The molecule has 0 radical (unpaired) electrons. The number of fused-ring (bicyclic) bond motifs is 1. The molecule has 1 amide bonds. The molecule has 3 aromatic carbocycles. The molecule has 1 heterocycles. The largest absolute Gasteiger partial charge is 0.494 e. The fraction of sp³-hybridized carbons (Fsp3) is 0.333. The number of hydrogen-bond acceptors (Lipinski definition) is 3. The van der Waals surface area contributed by atoms with Gasteiger partial charge in [-0.2, -0.15) is 0 Å². The van der Waals surface area contributed by atoms with Gasteiger partial charge in [0, 0.05) is 19.5 Å². The first-order valence-corrected chi connectivity index (χ1v) is 12.4. The lowest BCUT2D eigenvalue weighted by molar-refractivity contribution is -0.120. The van der Waals surface area contributed by atoms with Gasteiger partial charge in [0.2, 0.25) is 5.91 Å². The molecule has 35 heavy (non-hydrogen) atoms. The molecule has 4 aromatic rings. The van der Waals surface area contributed by atoms with Crippen LogP contribution in [-0.2, 0) is 29.6 Å². The van der Waals surface area contributed by atoms with E-state index >= 15 is 0 Å². The zero-order valence-electron chi connectivity index (χ0n) is 21.0. The standard InChI is InChI=1S/C30H35N3O2/c1-30(2,3)24-14-16-25(17-15-24)35-21-9-20-33-27-13-8-7-12-26(27)32-28(33)18-19-31-29(34)22-23-10-5-4-6-11-23/h4-8,10-17H,9,18-22H2,1-3H3,(H,31,34). The van der Waals surface area contributed by atoms with Gasteiger partial charge in [0.1, 0.15) is 11.6 Å². The quantitative estimate of drug-likeness (QED) is 0.303. The molecule has 0 aliphatic rings. The highest BCUT2D eigenvalue weighted by molar-refractivity contribution is 5.78. The first-order valence-electron chi connectivity index (χ1n) is 12.4. The summed E-state index contributed by atoms with van der Waals surface area (Å²) in [5.74, 6) is 1.92. The normalized spacial score (nSPS) is 11.5. The molecule has 0 unspecified atom stereocenters. The number of carbonyl (C=O) groups is 1. The van der Waals surface area contributed by atoms with Crippen molar-refractivity contribution in [1.82, 2.24) is 14.9 Å². The summed E-state index contributed by atoms with van der Waals surface area (Å²) < 4.78 is 8.26. The van der Waals surface area contributed by atoms with Crippen molar-refractivity contribution in [3.8, 4) is 5.75 Å². The summed E-state index contributed by atoms with van der Waals surface area (Å²) in [7, 11) is 0. The van der Waals surface area contributed by atoms with Crippen LogP contribution in [0.5, 0.6) is 5.75 Å². The first-order chi connectivity index (χ1) is 16.9. The summed E-state index contributed by atoms with van der Waals surface area (Å²) in [4.78, 5) is 17.2. The molecule has 5 nitrogen and oxygen atoms in total. The van der Waals surface area contributed by atoms with Crippen molar-refractivity contribution in [1.29, 1.82) is 0 Å². The third-order valence-electron chi connectivity index (χ3n) is 6.13. The Morgan fingerprint density at radius 1 is 0.943 bits per heavy atom. The van der Waals surface area contributed by atoms with Crippen LogP contribution in [0.15, 0.2) is 78.9 Å². The summed E-state index contributed by atoms with van der Waals surface area (Å²) >= 11 is 0. The molecule has 0 saturated carbocycles. The maximum absolute atomic E-state index is 12.3. The molecular weight excluding hydrogens is 434 g/mol. The van der Waals surface area contributed by atoms with Crippen LogP contribution in [-0.4, -0.2) is 28.6 Å². The number of rotatable bonds is 10. The van der Waals surface area contributed by atoms with E-state index in [-0.39, 0.29) is 11.3 Å². The van der Waals surface area contributed by atoms with Gasteiger partial charge in [0.25, 0.3) is 0 Å². The van der Waals surface area contributed by atoms with Crippen LogP contribution in [0.3, 0.4) is 0 Å². The number of aryl methyl sites for hydroxylation is 1. The number of benzene rings is 3. The number of amides is 1. The second kappa shape index (κ2) is 11.2. The minimum Gasteiger partial charge on any atom is -0.494 e. The number of carbonyl (C=O) groups excluding carboxylic acids is 1. The zero-order chi connectivity index (χ0) is 24.7. The number of aromatic nitrogens is 2. The van der Waals surface area contributed by atoms with E-state index in [1.165, 1.54) is 5.56 Å². The highest BCUT2D eigenvalue weighted by atomic mass is 16.5. The summed E-state index contributed by atoms with van der Waals surface area (Å²) in [5.41, 5.74) is 4.56. The van der Waals surface area contributed by atoms with E-state index < -0.39 is 0 Å². The summed E-state index contributed by atoms with van der Waals surface area (Å²) in [5, 5.41) is 3.04. The zero-order valence-corrected chi connectivity index (χ0v) is 21.0. The second-order valence-corrected chi connectivity index (χ2v) is 9.91. The van der Waals surface area contributed by atoms with Gasteiger partial charge in [0.15, 0.2) is 0 Å². The SMILES string of the molecule is CC(C)(C)c1ccc(OCCCn2c(CCNC(=O)Cc3ccccc3)nc3ccccc32)cc1. The van der Waals surface area contributed by atoms with Gasteiger partial charge in [-0.05, 0) is 47.2 Å². The minimum atomic E-state index is 0.0322. The van der Waals surface area contributed by atoms with Gasteiger partial charge < -0.3 is 14.6 Å². The Morgan fingerprint density at radius 3 is 2.40 bits per heavy atom. The molecule has 182 valence electrons. The minimum absolute atomic E-state index is 0.0322. The van der Waals surface area contributed by atoms with Gasteiger partial charge in [-0.1, -0.05) is 75.4 Å². The smallest absolute Gasteiger partial charge is 0.224 e. The van der Waals surface area contributed by atoms with E-state index in [9.17, 15) is 4.79 Å². The highest BCUT2D eigenvalue weighted by Crippen LogP contribution is 2.24. The van der Waals surface area contributed by atoms with Crippen molar-refractivity contribution in [2.75, 3.05) is 13.2 Å². The molecule has 4 rings (SSSR count). The molecule has 0 aliphatic carbocycles. The fourth-order valence-corrected chi connectivity index (χ4v) is 4.19. The number of para-hydroxylation sites is 2. The van der Waals surface area contributed by atoms with Crippen LogP contribution in [0.4, 0.5) is 0 Å². The number of hydrogen-bond donors (Lipinski definition) is 1. The Labute approximate surface area is 208 Å². The summed E-state index contributed by atoms with van der Waals surface area (Å²) in [6.07, 6.45) is 1.95. The third-order valence-corrected chi connectivity index (χ3v) is 6.13. The lowest BCUT2D eigenvalue weighted by atomic mass is 9.87. The van der Waals surface area contributed by atoms with Crippen LogP contribution in [0, 0.1) is 0 Å². The van der Waals surface area contributed by atoms with Crippen molar-refractivity contribution < 1.29 is 9.53 Å². The van der Waals surface area contributed by atoms with Gasteiger partial charge in [-0.3, -0.25) is 4.79 Å². The maximum atomic E-state index is 12.3. The monoisotopic (exact) mass is 469 g/mol. The van der Waals surface area contributed by atoms with Crippen LogP contribution in [0.1, 0.15) is 44.1 Å². The second-order valence-electron chi connectivity index (χ2n) is 9.91. The predicted octanol–water partition coefficient (Wildman–Crippen LogP) is 5.70. The van der Waals surface area contributed by atoms with Crippen LogP contribution in [0.2, 0.25) is 0 Å². The van der Waals surface area contributed by atoms with Crippen molar-refractivity contribution in [3.63, 3.8) is 0 Å². The van der Waals surface area contributed by atoms with E-state index in [4.69, 9.17) is 9.72 Å². The summed E-state index contributed by atoms with van der Waals surface area (Å²) in [6.45, 7) is 8.65. The summed E-state index contributed by atoms with van der Waals surface area (Å²) in [6, 6.07) is 26.4. The fourth-order valence-electron chi connectivity index (χ4n) is 4.19. The molecule has 5 heteroatoms. The number of imidazole rings is 1. The maximum Gasteiger partial charge on any atom is 0.224 e. The Balaban J connectivity index is 1.32. The van der Waals surface area contributed by atoms with Crippen LogP contribution >= 0.6 is 0 Å². The average Bonchev–Trinajstić information content (AvgIpc) is 3.19. The van der Waals surface area contributed by atoms with Gasteiger partial charge in [-0.25, -0.2) is 4.98 Å². The Morgan fingerprint density at radius 2 is 1.66 bits per heavy atom. The van der Waals surface area contributed by atoms with E-state index in [2.05, 4.69) is 61.0 Å². The lowest BCUT2D eigenvalue weighted by Crippen LogP contribution is -2.28. The van der Waals surface area contributed by atoms with Crippen molar-refractivity contribution >= 4 is 16.9 Å². The molecule has 0 spiro atoms. The van der Waals surface area contributed by atoms with Crippen LogP contribution in [0.25, 0.3) is 11.0 Å². The Hall–Kier alpha value is -3.60.